The van der Waals surface area contributed by atoms with Crippen LogP contribution in [0.25, 0.3) is 6.08 Å². The molecule has 4 aromatic rings. The number of hydrogen-bond donors (Lipinski definition) is 1. The van der Waals surface area contributed by atoms with Crippen LogP contribution in [0.15, 0.2) is 96.2 Å². The minimum absolute atomic E-state index is 0.155. The molecule has 0 saturated carbocycles. The standard InChI is InChI=1S/C31H29ClFN5OS/c32-28-21-29(38-19-17-37(18-20-38)16-6-9-23-7-2-1-3-8-23)36-31(35-28)40-22-24-12-14-25(15-13-24)30(39)34-27-11-5-4-10-26(27)33/h1-15,21H,16-20,22H2,(H,34,39)/b9-6+. The maximum atomic E-state index is 13.8. The molecule has 0 atom stereocenters. The Morgan fingerprint density at radius 2 is 1.68 bits per heavy atom. The Hall–Kier alpha value is -3.72. The van der Waals surface area contributed by atoms with Crippen LogP contribution < -0.4 is 10.2 Å². The van der Waals surface area contributed by atoms with Gasteiger partial charge in [0.1, 0.15) is 16.8 Å². The van der Waals surface area contributed by atoms with E-state index in [1.54, 1.807) is 24.3 Å². The summed E-state index contributed by atoms with van der Waals surface area (Å²) in [5, 5.41) is 3.63. The summed E-state index contributed by atoms with van der Waals surface area (Å²) < 4.78 is 13.8. The van der Waals surface area contributed by atoms with Gasteiger partial charge >= 0.3 is 0 Å². The molecule has 0 aliphatic carbocycles. The molecule has 1 amide bonds. The number of carbonyl (C=O) groups is 1. The Kier molecular flexibility index (Phi) is 9.44. The molecule has 1 N–H and O–H groups in total. The fraction of sp³-hybridized carbons (Fsp3) is 0.194. The van der Waals surface area contributed by atoms with Crippen molar-refractivity contribution in [3.05, 3.63) is 119 Å². The van der Waals surface area contributed by atoms with E-state index in [2.05, 4.69) is 44.4 Å². The third kappa shape index (κ3) is 7.69. The maximum Gasteiger partial charge on any atom is 0.255 e. The van der Waals surface area contributed by atoms with E-state index in [4.69, 9.17) is 16.6 Å². The highest BCUT2D eigenvalue weighted by atomic mass is 35.5. The van der Waals surface area contributed by atoms with Crippen molar-refractivity contribution in [2.24, 2.45) is 0 Å². The summed E-state index contributed by atoms with van der Waals surface area (Å²) in [5.41, 5.74) is 2.83. The molecule has 1 aliphatic heterocycles. The smallest absolute Gasteiger partial charge is 0.255 e. The zero-order valence-corrected chi connectivity index (χ0v) is 23.4. The van der Waals surface area contributed by atoms with Crippen molar-refractivity contribution < 1.29 is 9.18 Å². The van der Waals surface area contributed by atoms with Crippen molar-refractivity contribution in [3.63, 3.8) is 0 Å². The van der Waals surface area contributed by atoms with Crippen molar-refractivity contribution in [2.75, 3.05) is 42.9 Å². The Balaban J connectivity index is 1.12. The average molecular weight is 574 g/mol. The van der Waals surface area contributed by atoms with Gasteiger partial charge in [0, 0.05) is 50.1 Å². The Morgan fingerprint density at radius 1 is 0.950 bits per heavy atom. The van der Waals surface area contributed by atoms with Crippen LogP contribution in [0.2, 0.25) is 5.15 Å². The summed E-state index contributed by atoms with van der Waals surface area (Å²) in [6.07, 6.45) is 4.37. The van der Waals surface area contributed by atoms with E-state index >= 15 is 0 Å². The van der Waals surface area contributed by atoms with E-state index in [-0.39, 0.29) is 11.6 Å². The summed E-state index contributed by atoms with van der Waals surface area (Å²) >= 11 is 7.85. The monoisotopic (exact) mass is 573 g/mol. The normalized spacial score (nSPS) is 14.0. The first kappa shape index (κ1) is 27.8. The van der Waals surface area contributed by atoms with Gasteiger partial charge in [-0.3, -0.25) is 9.69 Å². The summed E-state index contributed by atoms with van der Waals surface area (Å²) in [4.78, 5) is 26.3. The average Bonchev–Trinajstić information content (AvgIpc) is 2.98. The predicted octanol–water partition coefficient (Wildman–Crippen LogP) is 6.65. The van der Waals surface area contributed by atoms with E-state index < -0.39 is 5.82 Å². The van der Waals surface area contributed by atoms with E-state index in [1.165, 1.54) is 29.5 Å². The van der Waals surface area contributed by atoms with Crippen molar-refractivity contribution in [3.8, 4) is 0 Å². The van der Waals surface area contributed by atoms with Gasteiger partial charge in [-0.1, -0.05) is 90.1 Å². The number of benzene rings is 3. The summed E-state index contributed by atoms with van der Waals surface area (Å²) in [7, 11) is 0. The van der Waals surface area contributed by atoms with Crippen molar-refractivity contribution in [2.45, 2.75) is 10.9 Å². The first-order valence-electron chi connectivity index (χ1n) is 13.0. The minimum atomic E-state index is -0.470. The summed E-state index contributed by atoms with van der Waals surface area (Å²) in [6, 6.07) is 25.4. The number of anilines is 2. The highest BCUT2D eigenvalue weighted by molar-refractivity contribution is 7.98. The number of thioether (sulfide) groups is 1. The van der Waals surface area contributed by atoms with Gasteiger partial charge in [0.05, 0.1) is 5.69 Å². The van der Waals surface area contributed by atoms with Crippen LogP contribution in [0.4, 0.5) is 15.9 Å². The number of aromatic nitrogens is 2. The quantitative estimate of drug-likeness (QED) is 0.137. The number of halogens is 2. The van der Waals surface area contributed by atoms with Gasteiger partial charge in [0.15, 0.2) is 5.16 Å². The van der Waals surface area contributed by atoms with Crippen LogP contribution in [-0.4, -0.2) is 53.5 Å². The van der Waals surface area contributed by atoms with Crippen LogP contribution in [-0.2, 0) is 5.75 Å². The second-order valence-electron chi connectivity index (χ2n) is 9.35. The van der Waals surface area contributed by atoms with Gasteiger partial charge in [-0.2, -0.15) is 0 Å². The van der Waals surface area contributed by atoms with Crippen molar-refractivity contribution in [1.29, 1.82) is 0 Å². The lowest BCUT2D eigenvalue weighted by Gasteiger charge is -2.35. The van der Waals surface area contributed by atoms with Gasteiger partial charge < -0.3 is 10.2 Å². The van der Waals surface area contributed by atoms with Gasteiger partial charge in [0.2, 0.25) is 0 Å². The lowest BCUT2D eigenvalue weighted by atomic mass is 10.1. The van der Waals surface area contributed by atoms with Crippen LogP contribution in [0, 0.1) is 5.82 Å². The highest BCUT2D eigenvalue weighted by Gasteiger charge is 2.19. The largest absolute Gasteiger partial charge is 0.354 e. The number of nitrogens with zero attached hydrogens (tertiary/aromatic N) is 4. The number of carbonyl (C=O) groups excluding carboxylic acids is 1. The molecular weight excluding hydrogens is 545 g/mol. The van der Waals surface area contributed by atoms with Gasteiger partial charge in [-0.15, -0.1) is 0 Å². The fourth-order valence-corrected chi connectivity index (χ4v) is 5.37. The van der Waals surface area contributed by atoms with E-state index in [0.717, 1.165) is 44.1 Å². The predicted molar refractivity (Wildman–Crippen MR) is 162 cm³/mol. The Bertz CT molecular complexity index is 1460. The number of piperazine rings is 1. The Morgan fingerprint density at radius 3 is 2.42 bits per heavy atom. The van der Waals surface area contributed by atoms with E-state index in [9.17, 15) is 9.18 Å². The molecule has 2 heterocycles. The molecule has 0 bridgehead atoms. The number of hydrogen-bond acceptors (Lipinski definition) is 6. The van der Waals surface area contributed by atoms with E-state index in [1.807, 2.05) is 36.4 Å². The maximum absolute atomic E-state index is 13.8. The van der Waals surface area contributed by atoms with Gasteiger partial charge in [-0.25, -0.2) is 14.4 Å². The number of rotatable bonds is 9. The molecule has 0 radical (unpaired) electrons. The first-order valence-corrected chi connectivity index (χ1v) is 14.4. The van der Waals surface area contributed by atoms with Gasteiger partial charge in [0.25, 0.3) is 5.91 Å². The van der Waals surface area contributed by atoms with Crippen LogP contribution in [0.1, 0.15) is 21.5 Å². The zero-order valence-electron chi connectivity index (χ0n) is 21.8. The molecule has 1 aliphatic rings. The summed E-state index contributed by atoms with van der Waals surface area (Å²) in [6.45, 7) is 4.54. The lowest BCUT2D eigenvalue weighted by molar-refractivity contribution is 0.102. The molecule has 1 fully saturated rings. The van der Waals surface area contributed by atoms with Crippen LogP contribution in [0.5, 0.6) is 0 Å². The Labute approximate surface area is 242 Å². The summed E-state index contributed by atoms with van der Waals surface area (Å²) in [5.74, 6) is 0.625. The second-order valence-corrected chi connectivity index (χ2v) is 10.7. The molecule has 1 saturated heterocycles. The molecule has 9 heteroatoms. The zero-order chi connectivity index (χ0) is 27.7. The molecular formula is C31H29ClFN5OS. The molecule has 6 nitrogen and oxygen atoms in total. The first-order chi connectivity index (χ1) is 19.5. The molecule has 204 valence electrons. The third-order valence-corrected chi connectivity index (χ3v) is 7.65. The molecule has 1 aromatic heterocycles. The van der Waals surface area contributed by atoms with E-state index in [0.29, 0.717) is 21.6 Å². The number of amides is 1. The lowest BCUT2D eigenvalue weighted by Crippen LogP contribution is -2.46. The molecule has 3 aromatic carbocycles. The van der Waals surface area contributed by atoms with Crippen molar-refractivity contribution >= 4 is 46.9 Å². The second kappa shape index (κ2) is 13.6. The third-order valence-electron chi connectivity index (χ3n) is 6.54. The highest BCUT2D eigenvalue weighted by Crippen LogP contribution is 2.25. The van der Waals surface area contributed by atoms with Gasteiger partial charge in [-0.05, 0) is 35.4 Å². The number of para-hydroxylation sites is 1. The molecule has 40 heavy (non-hydrogen) atoms. The fourth-order valence-electron chi connectivity index (χ4n) is 4.33. The van der Waals surface area contributed by atoms with Crippen LogP contribution in [0.3, 0.4) is 0 Å². The minimum Gasteiger partial charge on any atom is -0.354 e. The number of nitrogens with one attached hydrogen (secondary N) is 1. The van der Waals surface area contributed by atoms with Crippen molar-refractivity contribution in [1.82, 2.24) is 14.9 Å². The molecule has 0 unspecified atom stereocenters. The SMILES string of the molecule is O=C(Nc1ccccc1F)c1ccc(CSc2nc(Cl)cc(N3CCN(C/C=C/c4ccccc4)CC3)n2)cc1. The topological polar surface area (TPSA) is 61.4 Å². The molecule has 0 spiro atoms. The molecule has 5 rings (SSSR count). The van der Waals surface area contributed by atoms with Crippen LogP contribution >= 0.6 is 23.4 Å².